The highest BCUT2D eigenvalue weighted by Crippen LogP contribution is 2.19. The molecule has 2 heterocycles. The topological polar surface area (TPSA) is 52.6 Å². The predicted molar refractivity (Wildman–Crippen MR) is 115 cm³/mol. The minimum Gasteiger partial charge on any atom is -0.369 e. The summed E-state index contributed by atoms with van der Waals surface area (Å²) < 4.78 is 0. The summed E-state index contributed by atoms with van der Waals surface area (Å²) in [4.78, 5) is 11.4. The van der Waals surface area contributed by atoms with Gasteiger partial charge in [0.25, 0.3) is 0 Å². The number of nitrogens with one attached hydrogen (secondary N) is 2. The molecule has 5 nitrogen and oxygen atoms in total. The molecule has 134 valence electrons. The van der Waals surface area contributed by atoms with Crippen molar-refractivity contribution >= 4 is 35.6 Å². The second kappa shape index (κ2) is 10.2. The Kier molecular flexibility index (Phi) is 7.97. The van der Waals surface area contributed by atoms with Crippen molar-refractivity contribution in [3.63, 3.8) is 0 Å². The standard InChI is InChI=1S/C19H25N5.HI/c1-2-20-19(22-14-16-8-6-7-12-21-16)23-17-11-13-24(15-17)18-9-4-3-5-10-18;/h3-10,12,17H,2,11,13-15H2,1H3,(H2,20,22,23);1H. The molecule has 1 aliphatic rings. The van der Waals surface area contributed by atoms with Gasteiger partial charge in [-0.05, 0) is 37.6 Å². The molecule has 1 saturated heterocycles. The Hall–Kier alpha value is -1.83. The predicted octanol–water partition coefficient (Wildman–Crippen LogP) is 3.03. The van der Waals surface area contributed by atoms with E-state index >= 15 is 0 Å². The maximum absolute atomic E-state index is 4.66. The zero-order chi connectivity index (χ0) is 16.6. The molecule has 1 aromatic heterocycles. The average molecular weight is 451 g/mol. The van der Waals surface area contributed by atoms with Gasteiger partial charge in [0.1, 0.15) is 0 Å². The van der Waals surface area contributed by atoms with E-state index < -0.39 is 0 Å². The minimum absolute atomic E-state index is 0. The smallest absolute Gasteiger partial charge is 0.191 e. The van der Waals surface area contributed by atoms with E-state index in [2.05, 4.69) is 62.8 Å². The lowest BCUT2D eigenvalue weighted by molar-refractivity contribution is 0.649. The Morgan fingerprint density at radius 1 is 1.20 bits per heavy atom. The second-order valence-corrected chi connectivity index (χ2v) is 5.93. The van der Waals surface area contributed by atoms with Gasteiger partial charge in [-0.3, -0.25) is 4.98 Å². The molecule has 3 rings (SSSR count). The third kappa shape index (κ3) is 5.88. The lowest BCUT2D eigenvalue weighted by Gasteiger charge is -2.20. The van der Waals surface area contributed by atoms with E-state index in [0.29, 0.717) is 12.6 Å². The van der Waals surface area contributed by atoms with Crippen LogP contribution in [0.2, 0.25) is 0 Å². The van der Waals surface area contributed by atoms with E-state index in [1.165, 1.54) is 5.69 Å². The zero-order valence-electron chi connectivity index (χ0n) is 14.6. The fourth-order valence-corrected chi connectivity index (χ4v) is 2.92. The van der Waals surface area contributed by atoms with Crippen molar-refractivity contribution in [1.82, 2.24) is 15.6 Å². The van der Waals surface area contributed by atoms with Gasteiger partial charge in [-0.25, -0.2) is 4.99 Å². The number of para-hydroxylation sites is 1. The van der Waals surface area contributed by atoms with Crippen LogP contribution < -0.4 is 15.5 Å². The molecule has 1 aliphatic heterocycles. The van der Waals surface area contributed by atoms with Crippen LogP contribution in [0, 0.1) is 0 Å². The SMILES string of the molecule is CCNC(=NCc1ccccn1)NC1CCN(c2ccccc2)C1.I. The van der Waals surface area contributed by atoms with Gasteiger partial charge in [-0.1, -0.05) is 24.3 Å². The molecule has 0 spiro atoms. The van der Waals surface area contributed by atoms with Crippen LogP contribution in [0.5, 0.6) is 0 Å². The van der Waals surface area contributed by atoms with Crippen molar-refractivity contribution in [2.24, 2.45) is 4.99 Å². The number of nitrogens with zero attached hydrogens (tertiary/aromatic N) is 3. The van der Waals surface area contributed by atoms with Gasteiger partial charge >= 0.3 is 0 Å². The van der Waals surface area contributed by atoms with Crippen molar-refractivity contribution in [2.45, 2.75) is 25.9 Å². The van der Waals surface area contributed by atoms with Crippen LogP contribution >= 0.6 is 24.0 Å². The number of anilines is 1. The third-order valence-electron chi connectivity index (χ3n) is 4.12. The summed E-state index contributed by atoms with van der Waals surface area (Å²) in [7, 11) is 0. The summed E-state index contributed by atoms with van der Waals surface area (Å²) in [5, 5.41) is 6.88. The maximum atomic E-state index is 4.66. The molecule has 1 aromatic carbocycles. The Balaban J connectivity index is 0.00000225. The number of aliphatic imine (C=N–C) groups is 1. The molecule has 0 bridgehead atoms. The summed E-state index contributed by atoms with van der Waals surface area (Å²) in [6.45, 7) is 5.59. The van der Waals surface area contributed by atoms with Gasteiger partial charge in [0.05, 0.1) is 12.2 Å². The Labute approximate surface area is 167 Å². The lowest BCUT2D eigenvalue weighted by Crippen LogP contribution is -2.44. The Morgan fingerprint density at radius 3 is 2.72 bits per heavy atom. The molecular formula is C19H26IN5. The summed E-state index contributed by atoms with van der Waals surface area (Å²) in [6.07, 6.45) is 2.92. The fourth-order valence-electron chi connectivity index (χ4n) is 2.92. The monoisotopic (exact) mass is 451 g/mol. The van der Waals surface area contributed by atoms with E-state index in [0.717, 1.165) is 37.7 Å². The highest BCUT2D eigenvalue weighted by atomic mass is 127. The number of hydrogen-bond donors (Lipinski definition) is 2. The van der Waals surface area contributed by atoms with E-state index in [9.17, 15) is 0 Å². The number of rotatable bonds is 5. The molecule has 1 atom stereocenters. The van der Waals surface area contributed by atoms with Crippen LogP contribution in [0.25, 0.3) is 0 Å². The Morgan fingerprint density at radius 2 is 2.00 bits per heavy atom. The largest absolute Gasteiger partial charge is 0.369 e. The fraction of sp³-hybridized carbons (Fsp3) is 0.368. The van der Waals surface area contributed by atoms with Crippen LogP contribution in [-0.2, 0) is 6.54 Å². The third-order valence-corrected chi connectivity index (χ3v) is 4.12. The first kappa shape index (κ1) is 19.5. The number of aromatic nitrogens is 1. The number of benzene rings is 1. The van der Waals surface area contributed by atoms with Gasteiger partial charge in [-0.15, -0.1) is 24.0 Å². The number of guanidine groups is 1. The minimum atomic E-state index is 0. The number of hydrogen-bond acceptors (Lipinski definition) is 3. The molecule has 25 heavy (non-hydrogen) atoms. The van der Waals surface area contributed by atoms with E-state index in [1.54, 1.807) is 6.20 Å². The van der Waals surface area contributed by atoms with Crippen LogP contribution in [0.3, 0.4) is 0 Å². The first-order valence-corrected chi connectivity index (χ1v) is 8.60. The first-order valence-electron chi connectivity index (χ1n) is 8.60. The molecule has 2 aromatic rings. The van der Waals surface area contributed by atoms with Gasteiger partial charge < -0.3 is 15.5 Å². The number of halogens is 1. The van der Waals surface area contributed by atoms with E-state index in [-0.39, 0.29) is 24.0 Å². The van der Waals surface area contributed by atoms with Crippen molar-refractivity contribution < 1.29 is 0 Å². The van der Waals surface area contributed by atoms with Crippen molar-refractivity contribution in [1.29, 1.82) is 0 Å². The summed E-state index contributed by atoms with van der Waals surface area (Å²) >= 11 is 0. The highest BCUT2D eigenvalue weighted by molar-refractivity contribution is 14.0. The lowest BCUT2D eigenvalue weighted by atomic mass is 10.2. The molecule has 6 heteroatoms. The van der Waals surface area contributed by atoms with Gasteiger partial charge in [0.2, 0.25) is 0 Å². The molecule has 1 unspecified atom stereocenters. The summed E-state index contributed by atoms with van der Waals surface area (Å²) in [6, 6.07) is 16.9. The quantitative estimate of drug-likeness (QED) is 0.417. The van der Waals surface area contributed by atoms with Crippen LogP contribution in [0.1, 0.15) is 19.0 Å². The van der Waals surface area contributed by atoms with Gasteiger partial charge in [-0.2, -0.15) is 0 Å². The normalized spacial score (nSPS) is 17.1. The second-order valence-electron chi connectivity index (χ2n) is 5.93. The van der Waals surface area contributed by atoms with E-state index in [1.807, 2.05) is 18.2 Å². The molecule has 1 fully saturated rings. The highest BCUT2D eigenvalue weighted by Gasteiger charge is 2.23. The van der Waals surface area contributed by atoms with Crippen molar-refractivity contribution in [3.05, 3.63) is 60.4 Å². The molecule has 0 saturated carbocycles. The molecule has 0 radical (unpaired) electrons. The van der Waals surface area contributed by atoms with Crippen LogP contribution in [-0.4, -0.2) is 36.6 Å². The molecule has 0 aliphatic carbocycles. The molecule has 0 amide bonds. The maximum Gasteiger partial charge on any atom is 0.191 e. The van der Waals surface area contributed by atoms with Crippen LogP contribution in [0.4, 0.5) is 5.69 Å². The van der Waals surface area contributed by atoms with Crippen molar-refractivity contribution in [2.75, 3.05) is 24.5 Å². The molecular weight excluding hydrogens is 425 g/mol. The van der Waals surface area contributed by atoms with Gasteiger partial charge in [0.15, 0.2) is 5.96 Å². The number of pyridine rings is 1. The van der Waals surface area contributed by atoms with E-state index in [4.69, 9.17) is 0 Å². The Bertz CT molecular complexity index is 647. The van der Waals surface area contributed by atoms with Crippen molar-refractivity contribution in [3.8, 4) is 0 Å². The average Bonchev–Trinajstić information content (AvgIpc) is 3.10. The first-order chi connectivity index (χ1) is 11.8. The van der Waals surface area contributed by atoms with Gasteiger partial charge in [0, 0.05) is 37.6 Å². The van der Waals surface area contributed by atoms with Crippen LogP contribution in [0.15, 0.2) is 59.7 Å². The summed E-state index contributed by atoms with van der Waals surface area (Å²) in [5.41, 5.74) is 2.27. The zero-order valence-corrected chi connectivity index (χ0v) is 16.9. The summed E-state index contributed by atoms with van der Waals surface area (Å²) in [5.74, 6) is 0.864. The molecule has 2 N–H and O–H groups in total.